The lowest BCUT2D eigenvalue weighted by molar-refractivity contribution is 1.38. The van der Waals surface area contributed by atoms with E-state index < -0.39 is 0 Å². The lowest BCUT2D eigenvalue weighted by atomic mass is 10.1. The zero-order chi connectivity index (χ0) is 10.3. The van der Waals surface area contributed by atoms with Gasteiger partial charge in [0.2, 0.25) is 0 Å². The highest BCUT2D eigenvalue weighted by Crippen LogP contribution is 2.37. The smallest absolute Gasteiger partial charge is 0.132 e. The van der Waals surface area contributed by atoms with Gasteiger partial charge >= 0.3 is 0 Å². The third-order valence-corrected chi connectivity index (χ3v) is 3.98. The van der Waals surface area contributed by atoms with Crippen LogP contribution in [0.25, 0.3) is 21.2 Å². The van der Waals surface area contributed by atoms with Crippen LogP contribution >= 0.6 is 22.7 Å². The molecule has 0 fully saturated rings. The quantitative estimate of drug-likeness (QED) is 0.696. The molecule has 74 valence electrons. The van der Waals surface area contributed by atoms with Crippen molar-refractivity contribution in [3.63, 3.8) is 0 Å². The van der Waals surface area contributed by atoms with Crippen LogP contribution in [0.1, 0.15) is 0 Å². The third kappa shape index (κ3) is 1.33. The number of hydrogen-bond acceptors (Lipinski definition) is 4. The largest absolute Gasteiger partial charge is 0.383 e. The maximum Gasteiger partial charge on any atom is 0.132 e. The standard InChI is InChI=1S/C11H8N2S2/c12-11-10-8(7-2-4-14-5-7)6-15-9(10)1-3-13-11/h1-6H,(H2,12,13). The van der Waals surface area contributed by atoms with Gasteiger partial charge in [0.1, 0.15) is 5.82 Å². The molecule has 0 aliphatic rings. The number of aromatic nitrogens is 1. The van der Waals surface area contributed by atoms with Crippen LogP contribution in [0, 0.1) is 0 Å². The van der Waals surface area contributed by atoms with Gasteiger partial charge in [0.15, 0.2) is 0 Å². The van der Waals surface area contributed by atoms with Crippen molar-refractivity contribution in [2.75, 3.05) is 5.73 Å². The Bertz CT molecular complexity index is 596. The summed E-state index contributed by atoms with van der Waals surface area (Å²) in [6.07, 6.45) is 1.76. The molecule has 15 heavy (non-hydrogen) atoms. The molecule has 0 bridgehead atoms. The minimum absolute atomic E-state index is 0.620. The number of nitrogen functional groups attached to an aromatic ring is 1. The summed E-state index contributed by atoms with van der Waals surface area (Å²) in [7, 11) is 0. The molecule has 3 heterocycles. The minimum atomic E-state index is 0.620. The average molecular weight is 232 g/mol. The van der Waals surface area contributed by atoms with Crippen molar-refractivity contribution >= 4 is 38.6 Å². The van der Waals surface area contributed by atoms with Crippen molar-refractivity contribution in [3.05, 3.63) is 34.5 Å². The van der Waals surface area contributed by atoms with Crippen molar-refractivity contribution in [3.8, 4) is 11.1 Å². The monoisotopic (exact) mass is 232 g/mol. The predicted octanol–water partition coefficient (Wildman–Crippen LogP) is 3.61. The van der Waals surface area contributed by atoms with Gasteiger partial charge in [-0.3, -0.25) is 0 Å². The number of fused-ring (bicyclic) bond motifs is 1. The summed E-state index contributed by atoms with van der Waals surface area (Å²) in [5, 5.41) is 7.44. The molecule has 0 spiro atoms. The van der Waals surface area contributed by atoms with E-state index in [1.54, 1.807) is 28.9 Å². The Morgan fingerprint density at radius 2 is 2.13 bits per heavy atom. The molecule has 0 radical (unpaired) electrons. The van der Waals surface area contributed by atoms with Crippen molar-refractivity contribution < 1.29 is 0 Å². The summed E-state index contributed by atoms with van der Waals surface area (Å²) in [5.41, 5.74) is 8.33. The molecule has 0 atom stereocenters. The van der Waals surface area contributed by atoms with Gasteiger partial charge in [-0.2, -0.15) is 11.3 Å². The molecule has 3 rings (SSSR count). The molecule has 0 aliphatic carbocycles. The van der Waals surface area contributed by atoms with Gasteiger partial charge in [0.25, 0.3) is 0 Å². The molecule has 2 nitrogen and oxygen atoms in total. The molecule has 0 aromatic carbocycles. The summed E-state index contributed by atoms with van der Waals surface area (Å²) in [5.74, 6) is 0.620. The van der Waals surface area contributed by atoms with E-state index in [0.717, 1.165) is 5.39 Å². The lowest BCUT2D eigenvalue weighted by Gasteiger charge is -1.98. The zero-order valence-electron chi connectivity index (χ0n) is 7.81. The van der Waals surface area contributed by atoms with Crippen molar-refractivity contribution in [2.45, 2.75) is 0 Å². The van der Waals surface area contributed by atoms with Crippen LogP contribution in [0.3, 0.4) is 0 Å². The number of nitrogens with two attached hydrogens (primary N) is 1. The second kappa shape index (κ2) is 3.32. The fraction of sp³-hybridized carbons (Fsp3) is 0. The number of rotatable bonds is 1. The molecule has 0 amide bonds. The van der Waals surface area contributed by atoms with Crippen molar-refractivity contribution in [1.82, 2.24) is 4.98 Å². The van der Waals surface area contributed by atoms with Gasteiger partial charge in [-0.15, -0.1) is 11.3 Å². The first kappa shape index (κ1) is 8.88. The van der Waals surface area contributed by atoms with Gasteiger partial charge in [-0.25, -0.2) is 4.98 Å². The van der Waals surface area contributed by atoms with Gasteiger partial charge < -0.3 is 5.73 Å². The fourth-order valence-corrected chi connectivity index (χ4v) is 3.27. The molecule has 0 saturated heterocycles. The van der Waals surface area contributed by atoms with Crippen LogP contribution in [-0.2, 0) is 0 Å². The van der Waals surface area contributed by atoms with Gasteiger partial charge in [0, 0.05) is 21.8 Å². The first-order chi connectivity index (χ1) is 7.36. The second-order valence-electron chi connectivity index (χ2n) is 3.23. The van der Waals surface area contributed by atoms with Crippen LogP contribution in [0.4, 0.5) is 5.82 Å². The number of nitrogens with zero attached hydrogens (tertiary/aromatic N) is 1. The Kier molecular flexibility index (Phi) is 1.97. The zero-order valence-corrected chi connectivity index (χ0v) is 9.44. The van der Waals surface area contributed by atoms with Gasteiger partial charge in [0.05, 0.1) is 0 Å². The highest BCUT2D eigenvalue weighted by Gasteiger charge is 2.09. The fourth-order valence-electron chi connectivity index (χ4n) is 1.64. The highest BCUT2D eigenvalue weighted by molar-refractivity contribution is 7.18. The first-order valence-electron chi connectivity index (χ1n) is 4.50. The number of pyridine rings is 1. The van der Waals surface area contributed by atoms with Gasteiger partial charge in [-0.1, -0.05) is 0 Å². The summed E-state index contributed by atoms with van der Waals surface area (Å²) in [6, 6.07) is 4.12. The molecular formula is C11H8N2S2. The highest BCUT2D eigenvalue weighted by atomic mass is 32.1. The summed E-state index contributed by atoms with van der Waals surface area (Å²) in [4.78, 5) is 4.14. The molecule has 4 heteroatoms. The van der Waals surface area contributed by atoms with E-state index in [2.05, 4.69) is 27.2 Å². The molecule has 0 saturated carbocycles. The number of anilines is 1. The van der Waals surface area contributed by atoms with E-state index in [-0.39, 0.29) is 0 Å². The topological polar surface area (TPSA) is 38.9 Å². The van der Waals surface area contributed by atoms with Crippen LogP contribution in [0.15, 0.2) is 34.5 Å². The van der Waals surface area contributed by atoms with E-state index in [1.807, 2.05) is 6.07 Å². The number of thiophene rings is 2. The minimum Gasteiger partial charge on any atom is -0.383 e. The molecule has 3 aromatic heterocycles. The van der Waals surface area contributed by atoms with Crippen molar-refractivity contribution in [2.24, 2.45) is 0 Å². The molecule has 0 unspecified atom stereocenters. The Labute approximate surface area is 95.0 Å². The van der Waals surface area contributed by atoms with Crippen LogP contribution < -0.4 is 5.73 Å². The molecular weight excluding hydrogens is 224 g/mol. The normalized spacial score (nSPS) is 10.9. The summed E-state index contributed by atoms with van der Waals surface area (Å²) >= 11 is 3.41. The maximum absolute atomic E-state index is 5.91. The molecule has 0 aliphatic heterocycles. The van der Waals surface area contributed by atoms with Crippen LogP contribution in [0.5, 0.6) is 0 Å². The predicted molar refractivity (Wildman–Crippen MR) is 67.3 cm³/mol. The first-order valence-corrected chi connectivity index (χ1v) is 6.33. The summed E-state index contributed by atoms with van der Waals surface area (Å²) in [6.45, 7) is 0. The van der Waals surface area contributed by atoms with E-state index >= 15 is 0 Å². The SMILES string of the molecule is Nc1nccc2scc(-c3ccsc3)c12. The van der Waals surface area contributed by atoms with Gasteiger partial charge in [-0.05, 0) is 33.8 Å². The van der Waals surface area contributed by atoms with E-state index in [9.17, 15) is 0 Å². The average Bonchev–Trinajstić information content (AvgIpc) is 2.85. The van der Waals surface area contributed by atoms with E-state index in [1.165, 1.54) is 15.8 Å². The lowest BCUT2D eigenvalue weighted by Crippen LogP contribution is -1.89. The Hall–Kier alpha value is -1.39. The van der Waals surface area contributed by atoms with Crippen molar-refractivity contribution in [1.29, 1.82) is 0 Å². The Balaban J connectivity index is 2.37. The Morgan fingerprint density at radius 3 is 2.93 bits per heavy atom. The van der Waals surface area contributed by atoms with E-state index in [0.29, 0.717) is 5.82 Å². The summed E-state index contributed by atoms with van der Waals surface area (Å²) < 4.78 is 1.20. The number of hydrogen-bond donors (Lipinski definition) is 1. The maximum atomic E-state index is 5.91. The molecule has 2 N–H and O–H groups in total. The van der Waals surface area contributed by atoms with E-state index in [4.69, 9.17) is 5.73 Å². The Morgan fingerprint density at radius 1 is 1.20 bits per heavy atom. The van der Waals surface area contributed by atoms with Crippen LogP contribution in [0.2, 0.25) is 0 Å². The second-order valence-corrected chi connectivity index (χ2v) is 4.92. The molecule has 3 aromatic rings. The van der Waals surface area contributed by atoms with Crippen LogP contribution in [-0.4, -0.2) is 4.98 Å². The third-order valence-electron chi connectivity index (χ3n) is 2.35.